The molecule has 1 unspecified atom stereocenters. The number of carbonyl (C=O) groups excluding carboxylic acids is 2. The summed E-state index contributed by atoms with van der Waals surface area (Å²) in [5, 5.41) is 2.90. The molecular formula is C19H34N2O3. The normalized spacial score (nSPS) is 20.9. The van der Waals surface area contributed by atoms with E-state index in [0.29, 0.717) is 19.1 Å². The number of carbonyl (C=O) groups is 2. The van der Waals surface area contributed by atoms with E-state index >= 15 is 0 Å². The molecule has 2 amide bonds. The van der Waals surface area contributed by atoms with Crippen LogP contribution >= 0.6 is 0 Å². The van der Waals surface area contributed by atoms with Gasteiger partial charge in [-0.15, -0.1) is 0 Å². The Balaban J connectivity index is 1.86. The Labute approximate surface area is 146 Å². The van der Waals surface area contributed by atoms with Crippen LogP contribution in [-0.2, 0) is 14.3 Å². The minimum absolute atomic E-state index is 0.0207. The molecule has 0 aromatic rings. The minimum atomic E-state index is -0.540. The maximum atomic E-state index is 12.8. The van der Waals surface area contributed by atoms with Crippen molar-refractivity contribution in [2.75, 3.05) is 26.3 Å². The predicted molar refractivity (Wildman–Crippen MR) is 94.6 cm³/mol. The molecule has 1 atom stereocenters. The van der Waals surface area contributed by atoms with Gasteiger partial charge >= 0.3 is 0 Å². The molecule has 24 heavy (non-hydrogen) atoms. The molecule has 0 spiro atoms. The average Bonchev–Trinajstić information content (AvgIpc) is 2.61. The van der Waals surface area contributed by atoms with E-state index in [-0.39, 0.29) is 17.7 Å². The molecule has 2 rings (SSSR count). The smallest absolute Gasteiger partial charge is 0.247 e. The highest BCUT2D eigenvalue weighted by atomic mass is 16.5. The van der Waals surface area contributed by atoms with Crippen LogP contribution in [0.2, 0.25) is 0 Å². The molecule has 1 aliphatic carbocycles. The maximum absolute atomic E-state index is 12.8. The van der Waals surface area contributed by atoms with E-state index in [1.54, 1.807) is 0 Å². The summed E-state index contributed by atoms with van der Waals surface area (Å²) in [6.45, 7) is 6.30. The molecule has 1 saturated heterocycles. The number of nitrogens with zero attached hydrogens (tertiary/aromatic N) is 1. The second-order valence-corrected chi connectivity index (χ2v) is 7.64. The van der Waals surface area contributed by atoms with Gasteiger partial charge < -0.3 is 15.0 Å². The maximum Gasteiger partial charge on any atom is 0.247 e. The topological polar surface area (TPSA) is 58.6 Å². The van der Waals surface area contributed by atoms with Gasteiger partial charge in [0.2, 0.25) is 11.8 Å². The van der Waals surface area contributed by atoms with Gasteiger partial charge in [0.05, 0.1) is 6.61 Å². The zero-order chi connectivity index (χ0) is 17.4. The van der Waals surface area contributed by atoms with Gasteiger partial charge in [-0.1, -0.05) is 33.1 Å². The van der Waals surface area contributed by atoms with Gasteiger partial charge in [0, 0.05) is 25.6 Å². The monoisotopic (exact) mass is 338 g/mol. The van der Waals surface area contributed by atoms with E-state index in [9.17, 15) is 9.59 Å². The van der Waals surface area contributed by atoms with Crippen LogP contribution in [-0.4, -0.2) is 49.1 Å². The van der Waals surface area contributed by atoms with Gasteiger partial charge in [0.1, 0.15) is 6.04 Å². The van der Waals surface area contributed by atoms with Crippen molar-refractivity contribution >= 4 is 11.8 Å². The van der Waals surface area contributed by atoms with Crippen LogP contribution < -0.4 is 5.32 Å². The van der Waals surface area contributed by atoms with Crippen molar-refractivity contribution in [2.24, 2.45) is 11.8 Å². The van der Waals surface area contributed by atoms with Crippen molar-refractivity contribution in [3.63, 3.8) is 0 Å². The fourth-order valence-electron chi connectivity index (χ4n) is 3.55. The molecule has 1 heterocycles. The Bertz CT molecular complexity index is 399. The standard InChI is InChI=1S/C19H34N2O3/c1-15(2)18(22)20-17(19(23)21-11-7-4-8-12-21)14-24-13-16-9-5-3-6-10-16/h15-17H,3-14H2,1-2H3,(H,20,22). The van der Waals surface area contributed by atoms with Crippen molar-refractivity contribution < 1.29 is 14.3 Å². The highest BCUT2D eigenvalue weighted by molar-refractivity contribution is 5.88. The van der Waals surface area contributed by atoms with Gasteiger partial charge in [0.25, 0.3) is 0 Å². The molecule has 5 heteroatoms. The molecule has 0 aromatic carbocycles. The molecular weight excluding hydrogens is 304 g/mol. The molecule has 1 saturated carbocycles. The molecule has 138 valence electrons. The first-order valence-corrected chi connectivity index (χ1v) is 9.75. The molecule has 0 radical (unpaired) electrons. The molecule has 1 N–H and O–H groups in total. The van der Waals surface area contributed by atoms with Gasteiger partial charge in [0.15, 0.2) is 0 Å². The van der Waals surface area contributed by atoms with Gasteiger partial charge in [-0.25, -0.2) is 0 Å². The summed E-state index contributed by atoms with van der Waals surface area (Å²) in [4.78, 5) is 26.7. The lowest BCUT2D eigenvalue weighted by Gasteiger charge is -2.31. The molecule has 0 bridgehead atoms. The number of hydrogen-bond acceptors (Lipinski definition) is 3. The van der Waals surface area contributed by atoms with Crippen LogP contribution in [0.3, 0.4) is 0 Å². The Morgan fingerprint density at radius 2 is 1.67 bits per heavy atom. The third-order valence-electron chi connectivity index (χ3n) is 5.17. The fourth-order valence-corrected chi connectivity index (χ4v) is 3.55. The number of likely N-dealkylation sites (tertiary alicyclic amines) is 1. The lowest BCUT2D eigenvalue weighted by atomic mass is 9.90. The molecule has 2 fully saturated rings. The summed E-state index contributed by atoms with van der Waals surface area (Å²) in [7, 11) is 0. The third kappa shape index (κ3) is 6.08. The summed E-state index contributed by atoms with van der Waals surface area (Å²) in [5.74, 6) is 0.434. The number of amides is 2. The molecule has 5 nitrogen and oxygen atoms in total. The van der Waals surface area contributed by atoms with E-state index < -0.39 is 6.04 Å². The van der Waals surface area contributed by atoms with Crippen molar-refractivity contribution in [2.45, 2.75) is 71.3 Å². The van der Waals surface area contributed by atoms with E-state index in [1.807, 2.05) is 18.7 Å². The van der Waals surface area contributed by atoms with Crippen molar-refractivity contribution in [1.29, 1.82) is 0 Å². The average molecular weight is 338 g/mol. The van der Waals surface area contributed by atoms with Crippen LogP contribution in [0.15, 0.2) is 0 Å². The van der Waals surface area contributed by atoms with Gasteiger partial charge in [-0.2, -0.15) is 0 Å². The summed E-state index contributed by atoms with van der Waals surface area (Å²) in [5.41, 5.74) is 0. The summed E-state index contributed by atoms with van der Waals surface area (Å²) in [6, 6.07) is -0.540. The fraction of sp³-hybridized carbons (Fsp3) is 0.895. The molecule has 2 aliphatic rings. The first-order chi connectivity index (χ1) is 11.6. The van der Waals surface area contributed by atoms with Crippen molar-refractivity contribution in [1.82, 2.24) is 10.2 Å². The van der Waals surface area contributed by atoms with Crippen LogP contribution in [0.5, 0.6) is 0 Å². The van der Waals surface area contributed by atoms with Crippen molar-refractivity contribution in [3.8, 4) is 0 Å². The second-order valence-electron chi connectivity index (χ2n) is 7.64. The van der Waals surface area contributed by atoms with E-state index in [1.165, 1.54) is 38.5 Å². The summed E-state index contributed by atoms with van der Waals surface area (Å²) >= 11 is 0. The first kappa shape index (κ1) is 19.2. The molecule has 0 aromatic heterocycles. The van der Waals surface area contributed by atoms with Crippen LogP contribution in [0, 0.1) is 11.8 Å². The highest BCUT2D eigenvalue weighted by Crippen LogP contribution is 2.23. The number of ether oxygens (including phenoxy) is 1. The second kappa shape index (κ2) is 10.0. The summed E-state index contributed by atoms with van der Waals surface area (Å²) < 4.78 is 5.87. The van der Waals surface area contributed by atoms with Crippen LogP contribution in [0.1, 0.15) is 65.2 Å². The zero-order valence-corrected chi connectivity index (χ0v) is 15.4. The SMILES string of the molecule is CC(C)C(=O)NC(COCC1CCCCC1)C(=O)N1CCCCC1. The molecule has 1 aliphatic heterocycles. The zero-order valence-electron chi connectivity index (χ0n) is 15.4. The number of piperidine rings is 1. The lowest BCUT2D eigenvalue weighted by Crippen LogP contribution is -2.53. The highest BCUT2D eigenvalue weighted by Gasteiger charge is 2.28. The van der Waals surface area contributed by atoms with Gasteiger partial charge in [-0.3, -0.25) is 9.59 Å². The largest absolute Gasteiger partial charge is 0.378 e. The Hall–Kier alpha value is -1.10. The van der Waals surface area contributed by atoms with Crippen LogP contribution in [0.4, 0.5) is 0 Å². The Kier molecular flexibility index (Phi) is 8.03. The van der Waals surface area contributed by atoms with E-state index in [4.69, 9.17) is 4.74 Å². The lowest BCUT2D eigenvalue weighted by molar-refractivity contribution is -0.139. The number of nitrogens with one attached hydrogen (secondary N) is 1. The minimum Gasteiger partial charge on any atom is -0.378 e. The first-order valence-electron chi connectivity index (χ1n) is 9.75. The quantitative estimate of drug-likeness (QED) is 0.776. The Morgan fingerprint density at radius 3 is 2.29 bits per heavy atom. The Morgan fingerprint density at radius 1 is 1.04 bits per heavy atom. The number of hydrogen-bond donors (Lipinski definition) is 1. The third-order valence-corrected chi connectivity index (χ3v) is 5.17. The van der Waals surface area contributed by atoms with Crippen molar-refractivity contribution in [3.05, 3.63) is 0 Å². The predicted octanol–water partition coefficient (Wildman–Crippen LogP) is 2.74. The van der Waals surface area contributed by atoms with E-state index in [2.05, 4.69) is 5.32 Å². The number of rotatable bonds is 7. The van der Waals surface area contributed by atoms with Gasteiger partial charge in [-0.05, 0) is 38.0 Å². The van der Waals surface area contributed by atoms with E-state index in [0.717, 1.165) is 25.9 Å². The summed E-state index contributed by atoms with van der Waals surface area (Å²) in [6.07, 6.45) is 9.65. The van der Waals surface area contributed by atoms with Crippen LogP contribution in [0.25, 0.3) is 0 Å².